The van der Waals surface area contributed by atoms with Crippen molar-refractivity contribution in [3.05, 3.63) is 29.8 Å². The molecule has 5 nitrogen and oxygen atoms in total. The first kappa shape index (κ1) is 14.4. The summed E-state index contributed by atoms with van der Waals surface area (Å²) >= 11 is 0. The maximum absolute atomic E-state index is 12.2. The van der Waals surface area contributed by atoms with Gasteiger partial charge in [-0.05, 0) is 30.5 Å². The SMILES string of the molecule is CCC1(CC)C(=O)NCC(=O)N1Cc1ccc(O)cc1. The molecule has 0 aromatic heterocycles. The van der Waals surface area contributed by atoms with Crippen LogP contribution in [0.2, 0.25) is 0 Å². The summed E-state index contributed by atoms with van der Waals surface area (Å²) < 4.78 is 0. The van der Waals surface area contributed by atoms with E-state index in [9.17, 15) is 14.7 Å². The molecule has 0 atom stereocenters. The van der Waals surface area contributed by atoms with Crippen LogP contribution in [0.25, 0.3) is 0 Å². The smallest absolute Gasteiger partial charge is 0.246 e. The molecule has 2 amide bonds. The molecule has 1 aliphatic rings. The molecule has 0 unspecified atom stereocenters. The van der Waals surface area contributed by atoms with Gasteiger partial charge in [-0.25, -0.2) is 0 Å². The standard InChI is InChI=1S/C15H20N2O3/c1-3-15(4-2)14(20)16-9-13(19)17(15)10-11-5-7-12(18)8-6-11/h5-8,18H,3-4,9-10H2,1-2H3,(H,16,20). The van der Waals surface area contributed by atoms with Gasteiger partial charge in [-0.3, -0.25) is 9.59 Å². The van der Waals surface area contributed by atoms with Crippen molar-refractivity contribution in [2.45, 2.75) is 38.8 Å². The lowest BCUT2D eigenvalue weighted by molar-refractivity contribution is -0.155. The third kappa shape index (κ3) is 2.35. The zero-order chi connectivity index (χ0) is 14.8. The monoisotopic (exact) mass is 276 g/mol. The second-order valence-corrected chi connectivity index (χ2v) is 5.07. The number of benzene rings is 1. The largest absolute Gasteiger partial charge is 0.508 e. The third-order valence-electron chi connectivity index (χ3n) is 4.09. The Morgan fingerprint density at radius 1 is 1.20 bits per heavy atom. The van der Waals surface area contributed by atoms with Gasteiger partial charge in [-0.15, -0.1) is 0 Å². The topological polar surface area (TPSA) is 69.6 Å². The molecule has 0 spiro atoms. The van der Waals surface area contributed by atoms with Gasteiger partial charge in [0.1, 0.15) is 11.3 Å². The lowest BCUT2D eigenvalue weighted by Crippen LogP contribution is -2.66. The maximum Gasteiger partial charge on any atom is 0.246 e. The van der Waals surface area contributed by atoms with E-state index in [0.717, 1.165) is 5.56 Å². The van der Waals surface area contributed by atoms with Gasteiger partial charge in [0.2, 0.25) is 11.8 Å². The van der Waals surface area contributed by atoms with Gasteiger partial charge in [0.15, 0.2) is 0 Å². The Balaban J connectivity index is 2.31. The number of piperazine rings is 1. The molecule has 0 bridgehead atoms. The fourth-order valence-electron chi connectivity index (χ4n) is 2.75. The van der Waals surface area contributed by atoms with E-state index in [0.29, 0.717) is 19.4 Å². The van der Waals surface area contributed by atoms with E-state index in [1.165, 1.54) is 0 Å². The van der Waals surface area contributed by atoms with Crippen LogP contribution in [-0.2, 0) is 16.1 Å². The highest BCUT2D eigenvalue weighted by Crippen LogP contribution is 2.29. The highest BCUT2D eigenvalue weighted by Gasteiger charge is 2.46. The lowest BCUT2D eigenvalue weighted by atomic mass is 9.87. The first-order valence-electron chi connectivity index (χ1n) is 6.90. The first-order chi connectivity index (χ1) is 9.53. The highest BCUT2D eigenvalue weighted by molar-refractivity contribution is 5.97. The Morgan fingerprint density at radius 2 is 1.80 bits per heavy atom. The van der Waals surface area contributed by atoms with Crippen LogP contribution in [0.5, 0.6) is 5.75 Å². The number of nitrogens with zero attached hydrogens (tertiary/aromatic N) is 1. The molecule has 0 saturated carbocycles. The van der Waals surface area contributed by atoms with Crippen LogP contribution >= 0.6 is 0 Å². The second-order valence-electron chi connectivity index (χ2n) is 5.07. The van der Waals surface area contributed by atoms with E-state index < -0.39 is 5.54 Å². The molecule has 5 heteroatoms. The Kier molecular flexibility index (Phi) is 3.97. The molecule has 1 fully saturated rings. The van der Waals surface area contributed by atoms with E-state index in [1.54, 1.807) is 29.2 Å². The van der Waals surface area contributed by atoms with Crippen LogP contribution in [0.4, 0.5) is 0 Å². The van der Waals surface area contributed by atoms with Crippen LogP contribution in [0.3, 0.4) is 0 Å². The zero-order valence-electron chi connectivity index (χ0n) is 11.8. The number of nitrogens with one attached hydrogen (secondary N) is 1. The van der Waals surface area contributed by atoms with Gasteiger partial charge >= 0.3 is 0 Å². The molecule has 1 aromatic rings. The Morgan fingerprint density at radius 3 is 2.35 bits per heavy atom. The van der Waals surface area contributed by atoms with E-state index in [-0.39, 0.29) is 24.1 Å². The fraction of sp³-hybridized carbons (Fsp3) is 0.467. The summed E-state index contributed by atoms with van der Waals surface area (Å²) in [5.74, 6) is 0.0379. The number of phenolic OH excluding ortho intramolecular Hbond substituents is 1. The number of amides is 2. The predicted octanol–water partition coefficient (Wildman–Crippen LogP) is 1.41. The third-order valence-corrected chi connectivity index (χ3v) is 4.09. The number of carbonyl (C=O) groups is 2. The Labute approximate surface area is 118 Å². The van der Waals surface area contributed by atoms with Crippen LogP contribution in [0.1, 0.15) is 32.3 Å². The number of phenols is 1. The lowest BCUT2D eigenvalue weighted by Gasteiger charge is -2.45. The van der Waals surface area contributed by atoms with Crippen LogP contribution in [-0.4, -0.2) is 33.9 Å². The van der Waals surface area contributed by atoms with Gasteiger partial charge in [-0.1, -0.05) is 26.0 Å². The van der Waals surface area contributed by atoms with E-state index in [1.807, 2.05) is 13.8 Å². The molecule has 1 aliphatic heterocycles. The van der Waals surface area contributed by atoms with E-state index >= 15 is 0 Å². The molecule has 0 radical (unpaired) electrons. The van der Waals surface area contributed by atoms with Crippen molar-refractivity contribution in [1.82, 2.24) is 10.2 Å². The number of hydrogen-bond donors (Lipinski definition) is 2. The number of aromatic hydroxyl groups is 1. The first-order valence-corrected chi connectivity index (χ1v) is 6.90. The van der Waals surface area contributed by atoms with Gasteiger partial charge in [-0.2, -0.15) is 0 Å². The molecule has 20 heavy (non-hydrogen) atoms. The number of hydrogen-bond acceptors (Lipinski definition) is 3. The molecule has 0 aliphatic carbocycles. The quantitative estimate of drug-likeness (QED) is 0.873. The summed E-state index contributed by atoms with van der Waals surface area (Å²) in [6.45, 7) is 4.28. The van der Waals surface area contributed by atoms with Crippen molar-refractivity contribution < 1.29 is 14.7 Å². The summed E-state index contributed by atoms with van der Waals surface area (Å²) in [5.41, 5.74) is 0.130. The minimum absolute atomic E-state index is 0.0542. The normalized spacial score (nSPS) is 18.0. The summed E-state index contributed by atoms with van der Waals surface area (Å²) in [6.07, 6.45) is 1.16. The van der Waals surface area contributed by atoms with Crippen molar-refractivity contribution in [2.75, 3.05) is 6.54 Å². The average molecular weight is 276 g/mol. The van der Waals surface area contributed by atoms with Crippen molar-refractivity contribution in [3.8, 4) is 5.75 Å². The average Bonchev–Trinajstić information content (AvgIpc) is 2.46. The van der Waals surface area contributed by atoms with Gasteiger partial charge in [0, 0.05) is 6.54 Å². The second kappa shape index (κ2) is 5.53. The number of carbonyl (C=O) groups excluding carboxylic acids is 2. The molecular formula is C15H20N2O3. The van der Waals surface area contributed by atoms with Crippen molar-refractivity contribution in [3.63, 3.8) is 0 Å². The van der Waals surface area contributed by atoms with Gasteiger partial charge in [0.25, 0.3) is 0 Å². The number of rotatable bonds is 4. The van der Waals surface area contributed by atoms with Crippen LogP contribution < -0.4 is 5.32 Å². The summed E-state index contributed by atoms with van der Waals surface area (Å²) in [5, 5.41) is 12.0. The Bertz CT molecular complexity index is 506. The maximum atomic E-state index is 12.2. The fourth-order valence-corrected chi connectivity index (χ4v) is 2.75. The van der Waals surface area contributed by atoms with Crippen molar-refractivity contribution in [1.29, 1.82) is 0 Å². The molecule has 1 aromatic carbocycles. The summed E-state index contributed by atoms with van der Waals surface area (Å²) in [4.78, 5) is 26.1. The minimum Gasteiger partial charge on any atom is -0.508 e. The Hall–Kier alpha value is -2.04. The molecule has 2 rings (SSSR count). The van der Waals surface area contributed by atoms with Crippen molar-refractivity contribution in [2.24, 2.45) is 0 Å². The van der Waals surface area contributed by atoms with Crippen LogP contribution in [0.15, 0.2) is 24.3 Å². The van der Waals surface area contributed by atoms with E-state index in [2.05, 4.69) is 5.32 Å². The van der Waals surface area contributed by atoms with Gasteiger partial charge < -0.3 is 15.3 Å². The zero-order valence-corrected chi connectivity index (χ0v) is 11.8. The van der Waals surface area contributed by atoms with E-state index in [4.69, 9.17) is 0 Å². The molecule has 108 valence electrons. The van der Waals surface area contributed by atoms with Crippen molar-refractivity contribution >= 4 is 11.8 Å². The summed E-state index contributed by atoms with van der Waals surface area (Å²) in [6, 6.07) is 6.71. The van der Waals surface area contributed by atoms with Crippen LogP contribution in [0, 0.1) is 0 Å². The molecule has 1 heterocycles. The molecule has 1 saturated heterocycles. The molecule has 2 N–H and O–H groups in total. The summed E-state index contributed by atoms with van der Waals surface area (Å²) in [7, 11) is 0. The predicted molar refractivity (Wildman–Crippen MR) is 75.0 cm³/mol. The van der Waals surface area contributed by atoms with Gasteiger partial charge in [0.05, 0.1) is 6.54 Å². The minimum atomic E-state index is -0.771. The molecular weight excluding hydrogens is 256 g/mol. The highest BCUT2D eigenvalue weighted by atomic mass is 16.3.